The lowest BCUT2D eigenvalue weighted by Gasteiger charge is -2.33. The first-order valence-electron chi connectivity index (χ1n) is 9.26. The SMILES string of the molecule is O=[N+]([O-])c1ccc(S[C@H]2CSc3nc4ccccc4n3[C@@H]2c2ccccc2)cc1. The molecule has 0 saturated heterocycles. The fourth-order valence-electron chi connectivity index (χ4n) is 3.74. The number of aromatic nitrogens is 2. The first-order chi connectivity index (χ1) is 14.2. The van der Waals surface area contributed by atoms with Gasteiger partial charge in [0.05, 0.1) is 22.0 Å². The molecule has 0 fully saturated rings. The number of benzene rings is 3. The second kappa shape index (κ2) is 7.57. The van der Waals surface area contributed by atoms with Gasteiger partial charge < -0.3 is 4.57 Å². The normalized spacial score (nSPS) is 18.5. The molecule has 0 bridgehead atoms. The summed E-state index contributed by atoms with van der Waals surface area (Å²) in [5, 5.41) is 12.3. The largest absolute Gasteiger partial charge is 0.310 e. The molecule has 4 aromatic rings. The maximum Gasteiger partial charge on any atom is 0.269 e. The van der Waals surface area contributed by atoms with Crippen LogP contribution >= 0.6 is 23.5 Å². The Balaban J connectivity index is 1.57. The zero-order valence-corrected chi connectivity index (χ0v) is 17.0. The Morgan fingerprint density at radius 2 is 1.72 bits per heavy atom. The lowest BCUT2D eigenvalue weighted by atomic mass is 10.0. The quantitative estimate of drug-likeness (QED) is 0.309. The van der Waals surface area contributed by atoms with Crippen LogP contribution < -0.4 is 0 Å². The molecular weight excluding hydrogens is 402 g/mol. The van der Waals surface area contributed by atoms with Gasteiger partial charge in [0.25, 0.3) is 5.69 Å². The highest BCUT2D eigenvalue weighted by Gasteiger charge is 2.34. The zero-order chi connectivity index (χ0) is 19.8. The van der Waals surface area contributed by atoms with Crippen LogP contribution in [0.1, 0.15) is 11.6 Å². The number of non-ortho nitro benzene ring substituents is 1. The van der Waals surface area contributed by atoms with Crippen molar-refractivity contribution in [2.24, 2.45) is 0 Å². The number of nitro benzene ring substituents is 1. The topological polar surface area (TPSA) is 61.0 Å². The molecule has 29 heavy (non-hydrogen) atoms. The summed E-state index contributed by atoms with van der Waals surface area (Å²) in [7, 11) is 0. The van der Waals surface area contributed by atoms with Crippen LogP contribution in [-0.4, -0.2) is 25.5 Å². The molecule has 0 N–H and O–H groups in total. The maximum absolute atomic E-state index is 11.0. The second-order valence-corrected chi connectivity index (χ2v) is 9.13. The smallest absolute Gasteiger partial charge is 0.269 e. The molecule has 3 aromatic carbocycles. The summed E-state index contributed by atoms with van der Waals surface area (Å²) in [6, 6.07) is 25.8. The maximum atomic E-state index is 11.0. The highest BCUT2D eigenvalue weighted by molar-refractivity contribution is 8.03. The van der Waals surface area contributed by atoms with Gasteiger partial charge in [-0.3, -0.25) is 10.1 Å². The van der Waals surface area contributed by atoms with E-state index >= 15 is 0 Å². The van der Waals surface area contributed by atoms with Gasteiger partial charge in [0.2, 0.25) is 0 Å². The first-order valence-corrected chi connectivity index (χ1v) is 11.1. The molecular formula is C22H17N3O2S2. The van der Waals surface area contributed by atoms with E-state index in [-0.39, 0.29) is 21.9 Å². The molecule has 1 aliphatic heterocycles. The summed E-state index contributed by atoms with van der Waals surface area (Å²) in [6.07, 6.45) is 0. The number of fused-ring (bicyclic) bond motifs is 3. The van der Waals surface area contributed by atoms with Crippen LogP contribution in [0, 0.1) is 10.1 Å². The molecule has 5 rings (SSSR count). The molecule has 1 aliphatic rings. The lowest BCUT2D eigenvalue weighted by molar-refractivity contribution is -0.384. The van der Waals surface area contributed by atoms with E-state index in [2.05, 4.69) is 47.0 Å². The van der Waals surface area contributed by atoms with Crippen molar-refractivity contribution in [3.05, 3.63) is 94.5 Å². The molecule has 0 radical (unpaired) electrons. The molecule has 0 amide bonds. The fraction of sp³-hybridized carbons (Fsp3) is 0.136. The summed E-state index contributed by atoms with van der Waals surface area (Å²) in [6.45, 7) is 0. The van der Waals surface area contributed by atoms with Crippen LogP contribution in [0.4, 0.5) is 5.69 Å². The predicted octanol–water partition coefficient (Wildman–Crippen LogP) is 5.80. The van der Waals surface area contributed by atoms with Gasteiger partial charge in [-0.05, 0) is 29.8 Å². The predicted molar refractivity (Wildman–Crippen MR) is 118 cm³/mol. The first kappa shape index (κ1) is 18.3. The third-order valence-electron chi connectivity index (χ3n) is 5.05. The Hall–Kier alpha value is -2.77. The van der Waals surface area contributed by atoms with Crippen molar-refractivity contribution in [2.75, 3.05) is 5.75 Å². The fourth-order valence-corrected chi connectivity index (χ4v) is 6.28. The van der Waals surface area contributed by atoms with E-state index in [1.54, 1.807) is 35.7 Å². The lowest BCUT2D eigenvalue weighted by Crippen LogP contribution is -2.29. The minimum atomic E-state index is -0.360. The number of imidazole rings is 1. The summed E-state index contributed by atoms with van der Waals surface area (Å²) in [5.74, 6) is 0.921. The van der Waals surface area contributed by atoms with E-state index in [1.165, 1.54) is 5.56 Å². The van der Waals surface area contributed by atoms with Gasteiger partial charge in [-0.1, -0.05) is 54.2 Å². The van der Waals surface area contributed by atoms with Crippen molar-refractivity contribution >= 4 is 40.2 Å². The second-order valence-electron chi connectivity index (χ2n) is 6.83. The van der Waals surface area contributed by atoms with Gasteiger partial charge in [-0.2, -0.15) is 0 Å². The Labute approximate surface area is 176 Å². The van der Waals surface area contributed by atoms with Crippen molar-refractivity contribution in [1.82, 2.24) is 9.55 Å². The molecule has 1 aromatic heterocycles. The number of para-hydroxylation sites is 2. The number of rotatable bonds is 4. The molecule has 0 spiro atoms. The number of hydrogen-bond acceptors (Lipinski definition) is 5. The number of thioether (sulfide) groups is 2. The van der Waals surface area contributed by atoms with E-state index in [1.807, 2.05) is 24.3 Å². The molecule has 0 aliphatic carbocycles. The molecule has 0 saturated carbocycles. The standard InChI is InChI=1S/C22H17N3O2S2/c26-25(27)16-10-12-17(13-11-16)29-20-14-28-22-23-18-8-4-5-9-19(18)24(22)21(20)15-6-2-1-3-7-15/h1-13,20-21H,14H2/t20-,21+/m0/s1. The van der Waals surface area contributed by atoms with Crippen molar-refractivity contribution < 1.29 is 4.92 Å². The van der Waals surface area contributed by atoms with Gasteiger partial charge in [-0.15, -0.1) is 11.8 Å². The Kier molecular flexibility index (Phi) is 4.77. The third-order valence-corrected chi connectivity index (χ3v) is 7.60. The van der Waals surface area contributed by atoms with Crippen molar-refractivity contribution in [3.8, 4) is 0 Å². The highest BCUT2D eigenvalue weighted by atomic mass is 32.2. The number of nitro groups is 1. The van der Waals surface area contributed by atoms with Crippen LogP contribution in [0.5, 0.6) is 0 Å². The molecule has 144 valence electrons. The average Bonchev–Trinajstić information content (AvgIpc) is 3.13. The molecule has 7 heteroatoms. The van der Waals surface area contributed by atoms with Crippen LogP contribution in [0.3, 0.4) is 0 Å². The summed E-state index contributed by atoms with van der Waals surface area (Å²) in [4.78, 5) is 16.5. The van der Waals surface area contributed by atoms with E-state index < -0.39 is 0 Å². The molecule has 0 unspecified atom stereocenters. The zero-order valence-electron chi connectivity index (χ0n) is 15.3. The third kappa shape index (κ3) is 3.41. The Morgan fingerprint density at radius 3 is 2.48 bits per heavy atom. The summed E-state index contributed by atoms with van der Waals surface area (Å²) < 4.78 is 2.35. The molecule has 2 atom stereocenters. The summed E-state index contributed by atoms with van der Waals surface area (Å²) in [5.41, 5.74) is 3.52. The van der Waals surface area contributed by atoms with E-state index in [4.69, 9.17) is 4.98 Å². The average molecular weight is 420 g/mol. The van der Waals surface area contributed by atoms with Crippen LogP contribution in [0.15, 0.2) is 88.9 Å². The van der Waals surface area contributed by atoms with E-state index in [0.29, 0.717) is 0 Å². The van der Waals surface area contributed by atoms with Gasteiger partial charge >= 0.3 is 0 Å². The number of nitrogens with zero attached hydrogens (tertiary/aromatic N) is 3. The molecule has 2 heterocycles. The molecule has 5 nitrogen and oxygen atoms in total. The minimum Gasteiger partial charge on any atom is -0.310 e. The summed E-state index contributed by atoms with van der Waals surface area (Å²) >= 11 is 3.54. The van der Waals surface area contributed by atoms with Gasteiger partial charge in [0.15, 0.2) is 5.16 Å². The van der Waals surface area contributed by atoms with Gasteiger partial charge in [0, 0.05) is 28.0 Å². The van der Waals surface area contributed by atoms with Crippen LogP contribution in [0.2, 0.25) is 0 Å². The Bertz CT molecular complexity index is 1180. The van der Waals surface area contributed by atoms with Crippen LogP contribution in [0.25, 0.3) is 11.0 Å². The van der Waals surface area contributed by atoms with Gasteiger partial charge in [0.1, 0.15) is 0 Å². The van der Waals surface area contributed by atoms with Gasteiger partial charge in [-0.25, -0.2) is 4.98 Å². The van der Waals surface area contributed by atoms with Crippen LogP contribution in [-0.2, 0) is 0 Å². The van der Waals surface area contributed by atoms with E-state index in [0.717, 1.165) is 26.8 Å². The van der Waals surface area contributed by atoms with E-state index in [9.17, 15) is 10.1 Å². The van der Waals surface area contributed by atoms with Crippen molar-refractivity contribution in [1.29, 1.82) is 0 Å². The Morgan fingerprint density at radius 1 is 1.00 bits per heavy atom. The monoisotopic (exact) mass is 419 g/mol. The van der Waals surface area contributed by atoms with Crippen molar-refractivity contribution in [3.63, 3.8) is 0 Å². The van der Waals surface area contributed by atoms with Crippen molar-refractivity contribution in [2.45, 2.75) is 21.3 Å². The highest BCUT2D eigenvalue weighted by Crippen LogP contribution is 2.45. The minimum absolute atomic E-state index is 0.120. The number of hydrogen-bond donors (Lipinski definition) is 0.